The number of ether oxygens (including phenoxy) is 1. The summed E-state index contributed by atoms with van der Waals surface area (Å²) in [4.78, 5) is 10.3. The largest absolute Gasteiger partial charge is 0.450 e. The van der Waals surface area contributed by atoms with Crippen LogP contribution in [0, 0.1) is 15.9 Å². The first kappa shape index (κ1) is 14.5. The van der Waals surface area contributed by atoms with Gasteiger partial charge in [0.2, 0.25) is 5.75 Å². The zero-order valence-electron chi connectivity index (χ0n) is 11.7. The van der Waals surface area contributed by atoms with Gasteiger partial charge in [-0.2, -0.15) is 0 Å². The Balaban J connectivity index is 2.01. The number of halogens is 1. The second kappa shape index (κ2) is 5.73. The van der Waals surface area contributed by atoms with E-state index in [2.05, 4.69) is 0 Å². The summed E-state index contributed by atoms with van der Waals surface area (Å²) >= 11 is 0. The fourth-order valence-electron chi connectivity index (χ4n) is 2.72. The molecule has 114 valence electrons. The molecular formula is C16H14FNO4. The molecule has 3 rings (SSSR count). The number of nitrogens with zero attached hydrogens (tertiary/aromatic N) is 1. The maximum Gasteiger partial charge on any atom is 0.314 e. The third kappa shape index (κ3) is 2.65. The lowest BCUT2D eigenvalue weighted by molar-refractivity contribution is -0.385. The quantitative estimate of drug-likeness (QED) is 0.689. The summed E-state index contributed by atoms with van der Waals surface area (Å²) in [5.41, 5.74) is 1.21. The number of rotatable bonds is 3. The molecule has 0 amide bonds. The van der Waals surface area contributed by atoms with Crippen LogP contribution in [0.15, 0.2) is 36.4 Å². The maximum absolute atomic E-state index is 13.2. The highest BCUT2D eigenvalue weighted by atomic mass is 19.1. The van der Waals surface area contributed by atoms with E-state index in [1.54, 1.807) is 12.1 Å². The Hall–Kier alpha value is -2.47. The van der Waals surface area contributed by atoms with E-state index in [-0.39, 0.29) is 5.75 Å². The molecule has 0 aliphatic heterocycles. The van der Waals surface area contributed by atoms with E-state index in [1.165, 1.54) is 6.07 Å². The number of nitro groups is 1. The number of fused-ring (bicyclic) bond motifs is 1. The van der Waals surface area contributed by atoms with Crippen molar-refractivity contribution >= 4 is 5.69 Å². The first-order chi connectivity index (χ1) is 10.6. The monoisotopic (exact) mass is 303 g/mol. The van der Waals surface area contributed by atoms with E-state index in [0.717, 1.165) is 36.1 Å². The van der Waals surface area contributed by atoms with Crippen molar-refractivity contribution in [2.24, 2.45) is 0 Å². The molecule has 1 aliphatic rings. The summed E-state index contributed by atoms with van der Waals surface area (Å²) in [6.07, 6.45) is 1.70. The van der Waals surface area contributed by atoms with Crippen LogP contribution in [0.25, 0.3) is 0 Å². The fraction of sp³-hybridized carbons (Fsp3) is 0.250. The van der Waals surface area contributed by atoms with Crippen LogP contribution in [-0.4, -0.2) is 10.0 Å². The van der Waals surface area contributed by atoms with Crippen LogP contribution < -0.4 is 4.74 Å². The molecule has 2 aromatic carbocycles. The fourth-order valence-corrected chi connectivity index (χ4v) is 2.72. The molecule has 0 fully saturated rings. The van der Waals surface area contributed by atoms with Crippen LogP contribution in [0.2, 0.25) is 0 Å². The molecule has 2 aromatic rings. The van der Waals surface area contributed by atoms with Crippen molar-refractivity contribution in [3.63, 3.8) is 0 Å². The predicted octanol–water partition coefficient (Wildman–Crippen LogP) is 3.90. The van der Waals surface area contributed by atoms with Gasteiger partial charge in [-0.3, -0.25) is 10.1 Å². The minimum Gasteiger partial charge on any atom is -0.450 e. The van der Waals surface area contributed by atoms with Gasteiger partial charge in [0, 0.05) is 5.56 Å². The van der Waals surface area contributed by atoms with Crippen molar-refractivity contribution < 1.29 is 19.2 Å². The Morgan fingerprint density at radius 2 is 2.09 bits per heavy atom. The lowest BCUT2D eigenvalue weighted by Crippen LogP contribution is -2.10. The van der Waals surface area contributed by atoms with Crippen molar-refractivity contribution in [2.45, 2.75) is 25.4 Å². The second-order valence-electron chi connectivity index (χ2n) is 5.20. The van der Waals surface area contributed by atoms with Gasteiger partial charge in [-0.05, 0) is 43.0 Å². The van der Waals surface area contributed by atoms with Gasteiger partial charge in [0.05, 0.1) is 17.1 Å². The minimum absolute atomic E-state index is 0.0140. The Labute approximate surface area is 126 Å². The van der Waals surface area contributed by atoms with Crippen LogP contribution >= 0.6 is 0 Å². The molecule has 6 heteroatoms. The van der Waals surface area contributed by atoms with Crippen LogP contribution in [-0.2, 0) is 6.42 Å². The summed E-state index contributed by atoms with van der Waals surface area (Å²) in [7, 11) is 0. The van der Waals surface area contributed by atoms with Gasteiger partial charge in [0.15, 0.2) is 0 Å². The third-order valence-corrected chi connectivity index (χ3v) is 3.77. The number of hydrogen-bond donors (Lipinski definition) is 1. The standard InChI is InChI=1S/C16H14FNO4/c17-10-7-8-16(13(9-10)18(20)21)22-15-6-2-3-11-12(15)4-1-5-14(11)19/h2-3,6-9,14,19H,1,4-5H2/t14-/m0/s1. The van der Waals surface area contributed by atoms with Gasteiger partial charge in [-0.25, -0.2) is 4.39 Å². The van der Waals surface area contributed by atoms with E-state index in [4.69, 9.17) is 4.74 Å². The van der Waals surface area contributed by atoms with Crippen LogP contribution in [0.1, 0.15) is 30.1 Å². The number of aliphatic hydroxyl groups is 1. The molecule has 0 aromatic heterocycles. The van der Waals surface area contributed by atoms with Crippen LogP contribution in [0.4, 0.5) is 10.1 Å². The Bertz CT molecular complexity index is 732. The zero-order chi connectivity index (χ0) is 15.7. The van der Waals surface area contributed by atoms with Gasteiger partial charge in [-0.15, -0.1) is 0 Å². The first-order valence-corrected chi connectivity index (χ1v) is 6.98. The lowest BCUT2D eigenvalue weighted by atomic mass is 9.89. The average molecular weight is 303 g/mol. The van der Waals surface area contributed by atoms with Crippen molar-refractivity contribution in [1.29, 1.82) is 0 Å². The molecule has 1 aliphatic carbocycles. The van der Waals surface area contributed by atoms with Crippen molar-refractivity contribution in [2.75, 3.05) is 0 Å². The van der Waals surface area contributed by atoms with E-state index in [1.807, 2.05) is 6.07 Å². The summed E-state index contributed by atoms with van der Waals surface area (Å²) in [5, 5.41) is 21.0. The van der Waals surface area contributed by atoms with Crippen molar-refractivity contribution in [3.05, 3.63) is 63.5 Å². The van der Waals surface area contributed by atoms with Gasteiger partial charge in [-0.1, -0.05) is 12.1 Å². The zero-order valence-corrected chi connectivity index (χ0v) is 11.7. The molecule has 0 unspecified atom stereocenters. The molecule has 0 bridgehead atoms. The molecule has 0 radical (unpaired) electrons. The Morgan fingerprint density at radius 1 is 1.27 bits per heavy atom. The van der Waals surface area contributed by atoms with Crippen LogP contribution in [0.5, 0.6) is 11.5 Å². The number of hydrogen-bond acceptors (Lipinski definition) is 4. The summed E-state index contributed by atoms with van der Waals surface area (Å²) in [6.45, 7) is 0. The lowest BCUT2D eigenvalue weighted by Gasteiger charge is -2.23. The number of benzene rings is 2. The van der Waals surface area contributed by atoms with E-state index in [9.17, 15) is 19.6 Å². The van der Waals surface area contributed by atoms with E-state index in [0.29, 0.717) is 12.2 Å². The number of nitro benzene ring substituents is 1. The molecule has 1 atom stereocenters. The highest BCUT2D eigenvalue weighted by molar-refractivity contribution is 5.51. The van der Waals surface area contributed by atoms with Crippen LogP contribution in [0.3, 0.4) is 0 Å². The summed E-state index contributed by atoms with van der Waals surface area (Å²) < 4.78 is 18.8. The second-order valence-corrected chi connectivity index (χ2v) is 5.20. The molecule has 5 nitrogen and oxygen atoms in total. The Morgan fingerprint density at radius 3 is 2.86 bits per heavy atom. The molecular weight excluding hydrogens is 289 g/mol. The van der Waals surface area contributed by atoms with Gasteiger partial charge >= 0.3 is 5.69 Å². The molecule has 22 heavy (non-hydrogen) atoms. The highest BCUT2D eigenvalue weighted by Gasteiger charge is 2.23. The Kier molecular flexibility index (Phi) is 3.77. The van der Waals surface area contributed by atoms with Gasteiger partial charge in [0.25, 0.3) is 0 Å². The summed E-state index contributed by atoms with van der Waals surface area (Å²) in [5.74, 6) is -0.240. The molecule has 0 saturated heterocycles. The first-order valence-electron chi connectivity index (χ1n) is 6.98. The van der Waals surface area contributed by atoms with E-state index < -0.39 is 22.5 Å². The molecule has 1 N–H and O–H groups in total. The predicted molar refractivity (Wildman–Crippen MR) is 77.5 cm³/mol. The molecule has 0 saturated carbocycles. The third-order valence-electron chi connectivity index (χ3n) is 3.77. The average Bonchev–Trinajstić information content (AvgIpc) is 2.50. The smallest absolute Gasteiger partial charge is 0.314 e. The minimum atomic E-state index is -0.690. The van der Waals surface area contributed by atoms with Gasteiger partial charge in [0.1, 0.15) is 11.6 Å². The molecule has 0 heterocycles. The van der Waals surface area contributed by atoms with Crippen molar-refractivity contribution in [3.8, 4) is 11.5 Å². The van der Waals surface area contributed by atoms with Crippen molar-refractivity contribution in [1.82, 2.24) is 0 Å². The highest BCUT2D eigenvalue weighted by Crippen LogP contribution is 2.39. The normalized spacial score (nSPS) is 16.9. The number of aliphatic hydroxyl groups excluding tert-OH is 1. The SMILES string of the molecule is O=[N+]([O-])c1cc(F)ccc1Oc1cccc2c1CCC[C@@H]2O. The maximum atomic E-state index is 13.2. The topological polar surface area (TPSA) is 72.6 Å². The summed E-state index contributed by atoms with van der Waals surface area (Å²) in [6, 6.07) is 8.45. The van der Waals surface area contributed by atoms with Gasteiger partial charge < -0.3 is 9.84 Å². The molecule has 0 spiro atoms. The van der Waals surface area contributed by atoms with E-state index >= 15 is 0 Å².